The van der Waals surface area contributed by atoms with E-state index >= 15 is 0 Å². The van der Waals surface area contributed by atoms with Crippen LogP contribution < -0.4 is 0 Å². The van der Waals surface area contributed by atoms with Gasteiger partial charge in [-0.1, -0.05) is 0 Å². The fourth-order valence-electron chi connectivity index (χ4n) is 2.77. The van der Waals surface area contributed by atoms with Gasteiger partial charge in [0.2, 0.25) is 0 Å². The Labute approximate surface area is 128 Å². The van der Waals surface area contributed by atoms with Crippen molar-refractivity contribution >= 4 is 5.91 Å². The minimum Gasteiger partial charge on any atom is -0.459 e. The molecule has 0 bridgehead atoms. The molecule has 116 valence electrons. The third-order valence-electron chi connectivity index (χ3n) is 4.29. The molecule has 0 spiro atoms. The monoisotopic (exact) mass is 301 g/mol. The molecule has 0 N–H and O–H groups in total. The van der Waals surface area contributed by atoms with Crippen LogP contribution >= 0.6 is 0 Å². The number of nitrogens with zero attached hydrogens (tertiary/aromatic N) is 3. The van der Waals surface area contributed by atoms with Gasteiger partial charge in [0.15, 0.2) is 5.76 Å². The van der Waals surface area contributed by atoms with E-state index in [1.54, 1.807) is 17.0 Å². The zero-order chi connectivity index (χ0) is 14.9. The van der Waals surface area contributed by atoms with Crippen LogP contribution in [0.1, 0.15) is 34.8 Å². The van der Waals surface area contributed by atoms with Crippen LogP contribution in [0.4, 0.5) is 0 Å². The van der Waals surface area contributed by atoms with Gasteiger partial charge in [-0.05, 0) is 30.9 Å². The van der Waals surface area contributed by atoms with Crippen LogP contribution in [-0.4, -0.2) is 33.5 Å². The SMILES string of the molecule is O=C(c1ccco1)N1CCn2cnc(COCC3CC3)c2C1. The highest BCUT2D eigenvalue weighted by molar-refractivity contribution is 5.91. The van der Waals surface area contributed by atoms with Gasteiger partial charge < -0.3 is 18.6 Å². The third kappa shape index (κ3) is 2.66. The van der Waals surface area contributed by atoms with Gasteiger partial charge in [-0.2, -0.15) is 0 Å². The number of aromatic nitrogens is 2. The van der Waals surface area contributed by atoms with Gasteiger partial charge in [-0.3, -0.25) is 4.79 Å². The van der Waals surface area contributed by atoms with Crippen molar-refractivity contribution in [2.75, 3.05) is 13.2 Å². The van der Waals surface area contributed by atoms with Gasteiger partial charge in [0.25, 0.3) is 5.91 Å². The predicted octanol–water partition coefficient (Wildman–Crippen LogP) is 2.06. The van der Waals surface area contributed by atoms with Crippen molar-refractivity contribution in [2.45, 2.75) is 32.5 Å². The van der Waals surface area contributed by atoms with Gasteiger partial charge in [-0.25, -0.2) is 4.98 Å². The molecule has 3 heterocycles. The molecule has 6 heteroatoms. The molecule has 2 aromatic heterocycles. The van der Waals surface area contributed by atoms with Gasteiger partial charge in [-0.15, -0.1) is 0 Å². The molecule has 2 aliphatic rings. The summed E-state index contributed by atoms with van der Waals surface area (Å²) >= 11 is 0. The minimum absolute atomic E-state index is 0.0673. The first-order valence-electron chi connectivity index (χ1n) is 7.74. The Hall–Kier alpha value is -2.08. The number of amides is 1. The molecule has 2 aromatic rings. The Morgan fingerprint density at radius 3 is 3.09 bits per heavy atom. The second-order valence-electron chi connectivity index (χ2n) is 5.99. The molecule has 1 saturated carbocycles. The van der Waals surface area contributed by atoms with E-state index in [1.807, 2.05) is 6.33 Å². The van der Waals surface area contributed by atoms with E-state index in [-0.39, 0.29) is 5.91 Å². The summed E-state index contributed by atoms with van der Waals surface area (Å²) in [5.74, 6) is 1.07. The number of carbonyl (C=O) groups is 1. The Morgan fingerprint density at radius 2 is 2.32 bits per heavy atom. The molecule has 1 fully saturated rings. The van der Waals surface area contributed by atoms with Crippen LogP contribution in [0.15, 0.2) is 29.1 Å². The van der Waals surface area contributed by atoms with Crippen LogP contribution in [0.3, 0.4) is 0 Å². The Kier molecular flexibility index (Phi) is 3.46. The van der Waals surface area contributed by atoms with E-state index in [9.17, 15) is 4.79 Å². The van der Waals surface area contributed by atoms with E-state index < -0.39 is 0 Å². The molecule has 22 heavy (non-hydrogen) atoms. The first-order valence-corrected chi connectivity index (χ1v) is 7.74. The summed E-state index contributed by atoms with van der Waals surface area (Å²) < 4.78 is 13.1. The van der Waals surface area contributed by atoms with Crippen molar-refractivity contribution in [2.24, 2.45) is 5.92 Å². The average Bonchev–Trinajstić information content (AvgIpc) is 3.05. The fraction of sp³-hybridized carbons (Fsp3) is 0.500. The van der Waals surface area contributed by atoms with Gasteiger partial charge >= 0.3 is 0 Å². The van der Waals surface area contributed by atoms with Crippen molar-refractivity contribution < 1.29 is 13.9 Å². The number of carbonyl (C=O) groups excluding carboxylic acids is 1. The normalized spacial score (nSPS) is 17.5. The molecular formula is C16H19N3O3. The fourth-order valence-corrected chi connectivity index (χ4v) is 2.77. The molecule has 1 aliphatic carbocycles. The number of rotatable bonds is 5. The van der Waals surface area contributed by atoms with E-state index in [2.05, 4.69) is 9.55 Å². The molecule has 0 unspecified atom stereocenters. The zero-order valence-corrected chi connectivity index (χ0v) is 12.4. The number of ether oxygens (including phenoxy) is 1. The Bertz CT molecular complexity index is 658. The van der Waals surface area contributed by atoms with Gasteiger partial charge in [0.05, 0.1) is 37.1 Å². The molecule has 0 atom stereocenters. The third-order valence-corrected chi connectivity index (χ3v) is 4.29. The van der Waals surface area contributed by atoms with Crippen molar-refractivity contribution in [3.05, 3.63) is 41.9 Å². The van der Waals surface area contributed by atoms with E-state index in [0.717, 1.165) is 30.5 Å². The molecule has 1 aliphatic heterocycles. The molecule has 0 saturated heterocycles. The topological polar surface area (TPSA) is 60.5 Å². The number of hydrogen-bond acceptors (Lipinski definition) is 4. The first-order chi connectivity index (χ1) is 10.8. The second-order valence-corrected chi connectivity index (χ2v) is 5.99. The standard InChI is InChI=1S/C16H19N3O3/c20-16(15-2-1-7-22-15)18-5-6-19-11-17-13(14(19)8-18)10-21-9-12-3-4-12/h1-2,7,11-12H,3-6,8-10H2. The van der Waals surface area contributed by atoms with Gasteiger partial charge in [0, 0.05) is 19.7 Å². The smallest absolute Gasteiger partial charge is 0.289 e. The summed E-state index contributed by atoms with van der Waals surface area (Å²) in [5.41, 5.74) is 2.01. The Balaban J connectivity index is 1.44. The number of furan rings is 1. The number of imidazole rings is 1. The number of fused-ring (bicyclic) bond motifs is 1. The summed E-state index contributed by atoms with van der Waals surface area (Å²) in [6.07, 6.45) is 5.94. The lowest BCUT2D eigenvalue weighted by Gasteiger charge is -2.28. The lowest BCUT2D eigenvalue weighted by Crippen LogP contribution is -2.38. The predicted molar refractivity (Wildman–Crippen MR) is 78.1 cm³/mol. The lowest BCUT2D eigenvalue weighted by molar-refractivity contribution is 0.0672. The van der Waals surface area contributed by atoms with Gasteiger partial charge in [0.1, 0.15) is 0 Å². The molecule has 6 nitrogen and oxygen atoms in total. The quantitative estimate of drug-likeness (QED) is 0.848. The van der Waals surface area contributed by atoms with Crippen LogP contribution in [0.2, 0.25) is 0 Å². The molecule has 0 aromatic carbocycles. The molecule has 4 rings (SSSR count). The summed E-state index contributed by atoms with van der Waals surface area (Å²) in [6, 6.07) is 3.44. The number of hydrogen-bond donors (Lipinski definition) is 0. The highest BCUT2D eigenvalue weighted by Crippen LogP contribution is 2.29. The summed E-state index contributed by atoms with van der Waals surface area (Å²) in [4.78, 5) is 18.6. The highest BCUT2D eigenvalue weighted by Gasteiger charge is 2.26. The molecular weight excluding hydrogens is 282 g/mol. The lowest BCUT2D eigenvalue weighted by atomic mass is 10.2. The first kappa shape index (κ1) is 13.6. The summed E-state index contributed by atoms with van der Waals surface area (Å²) in [7, 11) is 0. The molecule has 1 amide bonds. The summed E-state index contributed by atoms with van der Waals surface area (Å²) in [5, 5.41) is 0. The highest BCUT2D eigenvalue weighted by atomic mass is 16.5. The average molecular weight is 301 g/mol. The zero-order valence-electron chi connectivity index (χ0n) is 12.4. The van der Waals surface area contributed by atoms with Crippen molar-refractivity contribution in [3.8, 4) is 0 Å². The summed E-state index contributed by atoms with van der Waals surface area (Å²) in [6.45, 7) is 3.34. The van der Waals surface area contributed by atoms with E-state index in [4.69, 9.17) is 9.15 Å². The maximum Gasteiger partial charge on any atom is 0.289 e. The minimum atomic E-state index is -0.0673. The maximum absolute atomic E-state index is 12.4. The maximum atomic E-state index is 12.4. The van der Waals surface area contributed by atoms with Crippen molar-refractivity contribution in [1.29, 1.82) is 0 Å². The van der Waals surface area contributed by atoms with E-state index in [1.165, 1.54) is 19.1 Å². The van der Waals surface area contributed by atoms with Crippen molar-refractivity contribution in [1.82, 2.24) is 14.5 Å². The van der Waals surface area contributed by atoms with E-state index in [0.29, 0.717) is 25.5 Å². The second kappa shape index (κ2) is 5.61. The largest absolute Gasteiger partial charge is 0.459 e. The van der Waals surface area contributed by atoms with Crippen LogP contribution in [0.25, 0.3) is 0 Å². The Morgan fingerprint density at radius 1 is 1.41 bits per heavy atom. The molecule has 0 radical (unpaired) electrons. The van der Waals surface area contributed by atoms with Crippen LogP contribution in [-0.2, 0) is 24.4 Å². The van der Waals surface area contributed by atoms with Crippen LogP contribution in [0.5, 0.6) is 0 Å². The van der Waals surface area contributed by atoms with Crippen LogP contribution in [0, 0.1) is 5.92 Å². The van der Waals surface area contributed by atoms with Crippen molar-refractivity contribution in [3.63, 3.8) is 0 Å².